The molecule has 6 aromatic rings. The fourth-order valence-electron chi connectivity index (χ4n) is 7.25. The van der Waals surface area contributed by atoms with Crippen molar-refractivity contribution >= 4 is 29.1 Å². The summed E-state index contributed by atoms with van der Waals surface area (Å²) < 4.78 is 22.3. The maximum absolute atomic E-state index is 15.3. The Balaban J connectivity index is 0.858. The van der Waals surface area contributed by atoms with Gasteiger partial charge in [0.2, 0.25) is 17.7 Å². The summed E-state index contributed by atoms with van der Waals surface area (Å²) in [6, 6.07) is 18.9. The first kappa shape index (κ1) is 37.6. The van der Waals surface area contributed by atoms with Crippen LogP contribution in [0.2, 0.25) is 0 Å². The van der Waals surface area contributed by atoms with Crippen LogP contribution < -0.4 is 16.0 Å². The third-order valence-corrected chi connectivity index (χ3v) is 10.5. The van der Waals surface area contributed by atoms with Crippen LogP contribution in [0.25, 0.3) is 27.9 Å². The highest BCUT2D eigenvalue weighted by Crippen LogP contribution is 2.31. The highest BCUT2D eigenvalue weighted by Gasteiger charge is 2.28. The monoisotopic (exact) mass is 770 g/mol. The number of halogens is 1. The molecule has 14 nitrogen and oxygen atoms in total. The van der Waals surface area contributed by atoms with Crippen molar-refractivity contribution < 1.29 is 23.3 Å². The van der Waals surface area contributed by atoms with Crippen LogP contribution in [0, 0.1) is 5.82 Å². The second-order valence-electron chi connectivity index (χ2n) is 15.7. The van der Waals surface area contributed by atoms with Gasteiger partial charge in [0, 0.05) is 54.0 Å². The minimum absolute atomic E-state index is 0.0473. The Kier molecular flexibility index (Phi) is 10.3. The molecule has 2 aliphatic rings. The molecule has 0 bridgehead atoms. The molecule has 3 N–H and O–H groups in total. The van der Waals surface area contributed by atoms with Gasteiger partial charge in [-0.3, -0.25) is 24.6 Å². The first-order chi connectivity index (χ1) is 27.5. The molecule has 2 saturated heterocycles. The lowest BCUT2D eigenvalue weighted by molar-refractivity contribution is -0.133. The van der Waals surface area contributed by atoms with Crippen LogP contribution in [0.15, 0.2) is 83.9 Å². The van der Waals surface area contributed by atoms with Gasteiger partial charge in [0.1, 0.15) is 24.0 Å². The molecule has 1 unspecified atom stereocenters. The lowest BCUT2D eigenvalue weighted by Crippen LogP contribution is -2.47. The standard InChI is InChI=1S/C42H43FN10O4/c1-42(2,3)41-50-38(51-57-41)40(56)45-21-30-9-8-28(18-32(30)43)37-34-19-31(23-53(34)47-24-46-37)26-6-4-25(5-7-26)22-52-16-14-27(15-17-52)29-10-12-35(44-20-29)48-33-11-13-36(54)49-39(33)55/h4-10,12,18-20,23-24,27,33H,11,13-17,21-22H2,1-3H3,(H,44,48)(H,45,56)(H,49,54,55). The number of pyridine rings is 1. The van der Waals surface area contributed by atoms with E-state index in [4.69, 9.17) is 4.52 Å². The topological polar surface area (TPSA) is 173 Å². The van der Waals surface area contributed by atoms with E-state index in [0.29, 0.717) is 47.3 Å². The number of fused-ring (bicyclic) bond motifs is 1. The van der Waals surface area contributed by atoms with Crippen LogP contribution >= 0.6 is 0 Å². The number of nitrogens with one attached hydrogen (secondary N) is 3. The second kappa shape index (κ2) is 15.7. The van der Waals surface area contributed by atoms with Gasteiger partial charge in [-0.05, 0) is 73.2 Å². The van der Waals surface area contributed by atoms with Crippen LogP contribution in [-0.2, 0) is 28.1 Å². The predicted molar refractivity (Wildman–Crippen MR) is 209 cm³/mol. The fourth-order valence-corrected chi connectivity index (χ4v) is 7.25. The normalized spacial score (nSPS) is 16.8. The molecule has 1 atom stereocenters. The quantitative estimate of drug-likeness (QED) is 0.144. The number of amides is 3. The Bertz CT molecular complexity index is 2430. The second-order valence-corrected chi connectivity index (χ2v) is 15.7. The zero-order chi connectivity index (χ0) is 39.7. The Morgan fingerprint density at radius 3 is 2.46 bits per heavy atom. The van der Waals surface area contributed by atoms with Crippen molar-refractivity contribution in [3.8, 4) is 22.4 Å². The van der Waals surface area contributed by atoms with Gasteiger partial charge in [0.25, 0.3) is 11.7 Å². The number of hydrogen-bond donors (Lipinski definition) is 3. The number of benzene rings is 2. The van der Waals surface area contributed by atoms with Crippen LogP contribution in [0.5, 0.6) is 0 Å². The van der Waals surface area contributed by atoms with E-state index in [1.54, 1.807) is 16.6 Å². The molecule has 3 amide bonds. The third-order valence-electron chi connectivity index (χ3n) is 10.5. The number of aromatic nitrogens is 6. The summed E-state index contributed by atoms with van der Waals surface area (Å²) in [5, 5.41) is 16.3. The maximum atomic E-state index is 15.3. The summed E-state index contributed by atoms with van der Waals surface area (Å²) in [7, 11) is 0. The SMILES string of the molecule is CC(C)(C)c1nc(C(=O)NCc2ccc(-c3ncnn4cc(-c5ccc(CN6CCC(c7ccc(NC8CCC(=O)NC8=O)nc7)CC6)cc5)cc34)cc2F)no1. The van der Waals surface area contributed by atoms with Gasteiger partial charge in [-0.15, -0.1) is 0 Å². The lowest BCUT2D eigenvalue weighted by Gasteiger charge is -2.32. The molecule has 57 heavy (non-hydrogen) atoms. The molecule has 292 valence electrons. The van der Waals surface area contributed by atoms with E-state index in [2.05, 4.69) is 76.4 Å². The molecule has 0 spiro atoms. The Morgan fingerprint density at radius 1 is 0.965 bits per heavy atom. The molecule has 0 aliphatic carbocycles. The molecule has 2 aromatic carbocycles. The zero-order valence-corrected chi connectivity index (χ0v) is 32.0. The molecular formula is C42H43FN10O4. The number of carbonyl (C=O) groups is 3. The van der Waals surface area contributed by atoms with Crippen LogP contribution in [0.4, 0.5) is 10.2 Å². The molecule has 2 fully saturated rings. The summed E-state index contributed by atoms with van der Waals surface area (Å²) in [6.07, 6.45) is 8.14. The van der Waals surface area contributed by atoms with Gasteiger partial charge in [0.15, 0.2) is 0 Å². The molecule has 8 rings (SSSR count). The smallest absolute Gasteiger partial charge is 0.292 e. The predicted octanol–water partition coefficient (Wildman–Crippen LogP) is 5.80. The van der Waals surface area contributed by atoms with Gasteiger partial charge in [-0.2, -0.15) is 10.1 Å². The van der Waals surface area contributed by atoms with E-state index in [1.807, 2.05) is 45.3 Å². The number of nitrogens with zero attached hydrogens (tertiary/aromatic N) is 7. The fraction of sp³-hybridized carbons (Fsp3) is 0.333. The van der Waals surface area contributed by atoms with Crippen molar-refractivity contribution in [2.24, 2.45) is 0 Å². The average Bonchev–Trinajstić information content (AvgIpc) is 3.89. The molecule has 0 radical (unpaired) electrons. The summed E-state index contributed by atoms with van der Waals surface area (Å²) in [4.78, 5) is 51.8. The molecule has 0 saturated carbocycles. The van der Waals surface area contributed by atoms with Crippen molar-refractivity contribution in [3.05, 3.63) is 114 Å². The third kappa shape index (κ3) is 8.43. The number of hydrogen-bond acceptors (Lipinski definition) is 11. The number of piperidine rings is 2. The molecule has 4 aromatic heterocycles. The van der Waals surface area contributed by atoms with Gasteiger partial charge >= 0.3 is 0 Å². The average molecular weight is 771 g/mol. The Hall–Kier alpha value is -6.35. The molecule has 15 heteroatoms. The number of likely N-dealkylation sites (tertiary alicyclic amines) is 1. The zero-order valence-electron chi connectivity index (χ0n) is 32.0. The molecule has 6 heterocycles. The van der Waals surface area contributed by atoms with Gasteiger partial charge < -0.3 is 15.2 Å². The first-order valence-corrected chi connectivity index (χ1v) is 19.1. The van der Waals surface area contributed by atoms with Crippen LogP contribution in [-0.4, -0.2) is 71.5 Å². The highest BCUT2D eigenvalue weighted by atomic mass is 19.1. The number of imide groups is 1. The summed E-state index contributed by atoms with van der Waals surface area (Å²) in [5.74, 6) is -0.268. The summed E-state index contributed by atoms with van der Waals surface area (Å²) >= 11 is 0. The van der Waals surface area contributed by atoms with Crippen LogP contribution in [0.1, 0.15) is 85.6 Å². The highest BCUT2D eigenvalue weighted by molar-refractivity contribution is 6.01. The lowest BCUT2D eigenvalue weighted by atomic mass is 9.90. The molecular weight excluding hydrogens is 728 g/mol. The number of carbonyl (C=O) groups excluding carboxylic acids is 3. The van der Waals surface area contributed by atoms with Crippen molar-refractivity contribution in [2.75, 3.05) is 18.4 Å². The van der Waals surface area contributed by atoms with Crippen molar-refractivity contribution in [3.63, 3.8) is 0 Å². The van der Waals surface area contributed by atoms with Crippen molar-refractivity contribution in [1.82, 2.24) is 45.3 Å². The van der Waals surface area contributed by atoms with Gasteiger partial charge in [-0.25, -0.2) is 18.9 Å². The number of rotatable bonds is 10. The summed E-state index contributed by atoms with van der Waals surface area (Å²) in [5.41, 5.74) is 6.24. The Morgan fingerprint density at radius 2 is 1.75 bits per heavy atom. The van der Waals surface area contributed by atoms with Gasteiger partial charge in [-0.1, -0.05) is 68.4 Å². The minimum Gasteiger partial charge on any atom is -0.358 e. The van der Waals surface area contributed by atoms with E-state index >= 15 is 4.39 Å². The van der Waals surface area contributed by atoms with Crippen molar-refractivity contribution in [1.29, 1.82) is 0 Å². The van der Waals surface area contributed by atoms with E-state index in [0.717, 1.165) is 49.1 Å². The van der Waals surface area contributed by atoms with Crippen LogP contribution in [0.3, 0.4) is 0 Å². The minimum atomic E-state index is -0.550. The Labute approximate surface area is 328 Å². The van der Waals surface area contributed by atoms with E-state index < -0.39 is 23.2 Å². The van der Waals surface area contributed by atoms with Crippen molar-refractivity contribution in [2.45, 2.75) is 76.9 Å². The van der Waals surface area contributed by atoms with E-state index in [9.17, 15) is 14.4 Å². The molecule has 2 aliphatic heterocycles. The number of anilines is 1. The summed E-state index contributed by atoms with van der Waals surface area (Å²) in [6.45, 7) is 8.47. The van der Waals surface area contributed by atoms with Gasteiger partial charge in [0.05, 0.1) is 11.2 Å². The maximum Gasteiger partial charge on any atom is 0.292 e. The van der Waals surface area contributed by atoms with E-state index in [1.165, 1.54) is 23.5 Å². The first-order valence-electron chi connectivity index (χ1n) is 19.1. The largest absolute Gasteiger partial charge is 0.358 e. The van der Waals surface area contributed by atoms with E-state index in [-0.39, 0.29) is 24.2 Å².